The number of hydrogen-bond acceptors (Lipinski definition) is 6. The summed E-state index contributed by atoms with van der Waals surface area (Å²) in [6.07, 6.45) is 0.699. The largest absolute Gasteiger partial charge is 0.454 e. The van der Waals surface area contributed by atoms with Crippen molar-refractivity contribution in [2.75, 3.05) is 6.79 Å². The monoisotopic (exact) mass is 369 g/mol. The molecule has 0 atom stereocenters. The second kappa shape index (κ2) is 6.75. The number of hydrogen-bond donors (Lipinski definition) is 1. The third-order valence-electron chi connectivity index (χ3n) is 4.10. The van der Waals surface area contributed by atoms with Crippen molar-refractivity contribution in [1.29, 1.82) is 0 Å². The average molecular weight is 369 g/mol. The Morgan fingerprint density at radius 3 is 2.78 bits per heavy atom. The standard InChI is InChI=1S/C18H19N5O4/c1-11(2)7-15-19-16(9-22-18(25)6-5-17(24)21-22)23(20-15)12-3-4-13-14(8-12)27-10-26-13/h3-6,8,11H,7,9-10H2,1-2H3,(H,21,24). The van der Waals surface area contributed by atoms with Gasteiger partial charge in [0.2, 0.25) is 6.79 Å². The number of benzene rings is 1. The van der Waals surface area contributed by atoms with Gasteiger partial charge in [0.05, 0.1) is 5.69 Å². The van der Waals surface area contributed by atoms with Crippen LogP contribution in [0.2, 0.25) is 0 Å². The highest BCUT2D eigenvalue weighted by molar-refractivity contribution is 5.50. The summed E-state index contributed by atoms with van der Waals surface area (Å²) in [5, 5.41) is 7.11. The Labute approximate surface area is 154 Å². The Balaban J connectivity index is 1.77. The molecule has 3 aromatic rings. The van der Waals surface area contributed by atoms with E-state index in [1.807, 2.05) is 18.2 Å². The van der Waals surface area contributed by atoms with Crippen LogP contribution in [-0.2, 0) is 13.0 Å². The van der Waals surface area contributed by atoms with E-state index in [-0.39, 0.29) is 24.5 Å². The van der Waals surface area contributed by atoms with Crippen LogP contribution in [0.3, 0.4) is 0 Å². The quantitative estimate of drug-likeness (QED) is 0.722. The van der Waals surface area contributed by atoms with Crippen molar-refractivity contribution in [2.45, 2.75) is 26.8 Å². The van der Waals surface area contributed by atoms with Crippen LogP contribution >= 0.6 is 0 Å². The minimum atomic E-state index is -0.355. The molecular weight excluding hydrogens is 350 g/mol. The number of rotatable bonds is 5. The molecule has 3 heterocycles. The molecule has 0 spiro atoms. The maximum absolute atomic E-state index is 12.1. The summed E-state index contributed by atoms with van der Waals surface area (Å²) < 4.78 is 13.7. The number of nitrogens with one attached hydrogen (secondary N) is 1. The maximum atomic E-state index is 12.1. The molecule has 1 aromatic carbocycles. The van der Waals surface area contributed by atoms with Crippen molar-refractivity contribution in [3.8, 4) is 17.2 Å². The van der Waals surface area contributed by atoms with Gasteiger partial charge in [-0.15, -0.1) is 0 Å². The van der Waals surface area contributed by atoms with E-state index in [2.05, 4.69) is 29.0 Å². The molecule has 27 heavy (non-hydrogen) atoms. The number of aromatic nitrogens is 5. The molecule has 0 fully saturated rings. The Morgan fingerprint density at radius 1 is 1.15 bits per heavy atom. The Morgan fingerprint density at radius 2 is 1.96 bits per heavy atom. The summed E-state index contributed by atoms with van der Waals surface area (Å²) in [5.41, 5.74) is 0.0643. The molecule has 0 amide bonds. The molecule has 0 bridgehead atoms. The van der Waals surface area contributed by atoms with Gasteiger partial charge < -0.3 is 9.47 Å². The first kappa shape index (κ1) is 17.1. The van der Waals surface area contributed by atoms with Gasteiger partial charge in [0.15, 0.2) is 23.1 Å². The minimum absolute atomic E-state index is 0.0917. The summed E-state index contributed by atoms with van der Waals surface area (Å²) in [6, 6.07) is 7.90. The van der Waals surface area contributed by atoms with Crippen molar-refractivity contribution in [3.05, 3.63) is 62.7 Å². The van der Waals surface area contributed by atoms with E-state index < -0.39 is 0 Å². The van der Waals surface area contributed by atoms with Crippen LogP contribution in [0.1, 0.15) is 25.5 Å². The van der Waals surface area contributed by atoms with Crippen LogP contribution in [-0.4, -0.2) is 31.3 Å². The number of fused-ring (bicyclic) bond motifs is 1. The van der Waals surface area contributed by atoms with E-state index >= 15 is 0 Å². The fraction of sp³-hybridized carbons (Fsp3) is 0.333. The molecule has 9 nitrogen and oxygen atoms in total. The van der Waals surface area contributed by atoms with Gasteiger partial charge in [-0.05, 0) is 18.1 Å². The first-order chi connectivity index (χ1) is 13.0. The van der Waals surface area contributed by atoms with Crippen LogP contribution in [0.25, 0.3) is 5.69 Å². The lowest BCUT2D eigenvalue weighted by molar-refractivity contribution is 0.174. The predicted molar refractivity (Wildman–Crippen MR) is 96.4 cm³/mol. The van der Waals surface area contributed by atoms with E-state index in [0.29, 0.717) is 35.5 Å². The van der Waals surface area contributed by atoms with Crippen LogP contribution in [0.15, 0.2) is 39.9 Å². The van der Waals surface area contributed by atoms with Gasteiger partial charge >= 0.3 is 0 Å². The third kappa shape index (κ3) is 3.48. The number of H-pyrrole nitrogens is 1. The van der Waals surface area contributed by atoms with Gasteiger partial charge in [-0.25, -0.2) is 14.3 Å². The van der Waals surface area contributed by atoms with E-state index in [1.54, 1.807) is 4.68 Å². The molecule has 0 radical (unpaired) electrons. The number of ether oxygens (including phenoxy) is 2. The van der Waals surface area contributed by atoms with E-state index in [4.69, 9.17) is 9.47 Å². The molecule has 0 unspecified atom stereocenters. The molecule has 0 saturated carbocycles. The van der Waals surface area contributed by atoms with Gasteiger partial charge in [0.1, 0.15) is 6.54 Å². The van der Waals surface area contributed by atoms with Crippen LogP contribution < -0.4 is 20.6 Å². The smallest absolute Gasteiger partial charge is 0.265 e. The second-order valence-electron chi connectivity index (χ2n) is 6.73. The first-order valence-corrected chi connectivity index (χ1v) is 8.64. The predicted octanol–water partition coefficient (Wildman–Crippen LogP) is 1.09. The third-order valence-corrected chi connectivity index (χ3v) is 4.10. The lowest BCUT2D eigenvalue weighted by atomic mass is 10.1. The zero-order chi connectivity index (χ0) is 19.0. The van der Waals surface area contributed by atoms with E-state index in [0.717, 1.165) is 5.69 Å². The van der Waals surface area contributed by atoms with E-state index in [9.17, 15) is 9.59 Å². The van der Waals surface area contributed by atoms with Crippen molar-refractivity contribution in [1.82, 2.24) is 24.5 Å². The lowest BCUT2D eigenvalue weighted by Gasteiger charge is -2.08. The van der Waals surface area contributed by atoms with Crippen LogP contribution in [0, 0.1) is 5.92 Å². The summed E-state index contributed by atoms with van der Waals surface area (Å²) in [4.78, 5) is 28.2. The van der Waals surface area contributed by atoms with E-state index in [1.165, 1.54) is 16.8 Å². The zero-order valence-electron chi connectivity index (χ0n) is 15.0. The second-order valence-corrected chi connectivity index (χ2v) is 6.73. The summed E-state index contributed by atoms with van der Waals surface area (Å²) in [6.45, 7) is 4.44. The lowest BCUT2D eigenvalue weighted by Crippen LogP contribution is -2.29. The molecule has 0 aliphatic carbocycles. The Hall–Kier alpha value is -3.36. The summed E-state index contributed by atoms with van der Waals surface area (Å²) in [5.74, 6) is 2.89. The SMILES string of the molecule is CC(C)Cc1nc(Cn2[nH]c(=O)ccc2=O)n(-c2ccc3c(c2)OCO3)n1. The normalized spacial score (nSPS) is 12.7. The molecule has 140 valence electrons. The molecule has 1 aliphatic rings. The van der Waals surface area contributed by atoms with Crippen molar-refractivity contribution in [2.24, 2.45) is 5.92 Å². The topological polar surface area (TPSA) is 104 Å². The van der Waals surface area contributed by atoms with Gasteiger partial charge in [0.25, 0.3) is 11.1 Å². The molecule has 4 rings (SSSR count). The van der Waals surface area contributed by atoms with Gasteiger partial charge in [-0.2, -0.15) is 5.10 Å². The average Bonchev–Trinajstić information content (AvgIpc) is 3.23. The molecule has 1 aliphatic heterocycles. The summed E-state index contributed by atoms with van der Waals surface area (Å²) >= 11 is 0. The molecule has 9 heteroatoms. The number of nitrogens with zero attached hydrogens (tertiary/aromatic N) is 4. The number of aromatic amines is 1. The van der Waals surface area contributed by atoms with Gasteiger partial charge in [-0.1, -0.05) is 13.8 Å². The highest BCUT2D eigenvalue weighted by Crippen LogP contribution is 2.33. The minimum Gasteiger partial charge on any atom is -0.454 e. The molecule has 2 aromatic heterocycles. The first-order valence-electron chi connectivity index (χ1n) is 8.64. The fourth-order valence-electron chi connectivity index (χ4n) is 2.89. The fourth-order valence-corrected chi connectivity index (χ4v) is 2.89. The van der Waals surface area contributed by atoms with Gasteiger partial charge in [0, 0.05) is 24.6 Å². The zero-order valence-corrected chi connectivity index (χ0v) is 15.0. The molecule has 0 saturated heterocycles. The van der Waals surface area contributed by atoms with Crippen LogP contribution in [0.5, 0.6) is 11.5 Å². The maximum Gasteiger partial charge on any atom is 0.265 e. The van der Waals surface area contributed by atoms with Crippen molar-refractivity contribution in [3.63, 3.8) is 0 Å². The van der Waals surface area contributed by atoms with Gasteiger partial charge in [-0.3, -0.25) is 14.7 Å². The van der Waals surface area contributed by atoms with Crippen LogP contribution in [0.4, 0.5) is 0 Å². The highest BCUT2D eigenvalue weighted by atomic mass is 16.7. The van der Waals surface area contributed by atoms with Crippen molar-refractivity contribution >= 4 is 0 Å². The van der Waals surface area contributed by atoms with Crippen molar-refractivity contribution < 1.29 is 9.47 Å². The molecular formula is C18H19N5O4. The molecule has 1 N–H and O–H groups in total. The Kier molecular flexibility index (Phi) is 4.27. The Bertz CT molecular complexity index is 1100. The summed E-state index contributed by atoms with van der Waals surface area (Å²) in [7, 11) is 0. The highest BCUT2D eigenvalue weighted by Gasteiger charge is 2.18.